The summed E-state index contributed by atoms with van der Waals surface area (Å²) in [5, 5.41) is 10.2. The zero-order chi connectivity index (χ0) is 13.5. The molecule has 1 fully saturated rings. The molecule has 1 aliphatic rings. The second-order valence-electron chi connectivity index (χ2n) is 5.67. The fraction of sp³-hybridized carbons (Fsp3) is 0.692. The van der Waals surface area contributed by atoms with E-state index in [1.54, 1.807) is 17.0 Å². The van der Waals surface area contributed by atoms with Gasteiger partial charge in [-0.05, 0) is 19.8 Å². The normalized spacial score (nSPS) is 18.3. The third kappa shape index (κ3) is 2.03. The lowest BCUT2D eigenvalue weighted by Crippen LogP contribution is -2.66. The molecule has 0 spiro atoms. The predicted octanol–water partition coefficient (Wildman–Crippen LogP) is 1.03. The van der Waals surface area contributed by atoms with Gasteiger partial charge in [-0.25, -0.2) is 4.98 Å². The molecule has 1 aromatic rings. The first-order chi connectivity index (χ1) is 8.35. The Bertz CT molecular complexity index is 487. The molecule has 2 rings (SSSR count). The first kappa shape index (κ1) is 13.1. The molecule has 0 amide bonds. The molecule has 5 nitrogen and oxygen atoms in total. The van der Waals surface area contributed by atoms with Crippen molar-refractivity contribution in [3.05, 3.63) is 22.7 Å². The quantitative estimate of drug-likeness (QED) is 0.871. The topological polar surface area (TPSA) is 58.4 Å². The molecule has 0 radical (unpaired) electrons. The minimum absolute atomic E-state index is 0.0849. The van der Waals surface area contributed by atoms with Crippen molar-refractivity contribution < 1.29 is 5.11 Å². The van der Waals surface area contributed by atoms with Crippen LogP contribution < -0.4 is 10.5 Å². The Morgan fingerprint density at radius 1 is 1.33 bits per heavy atom. The molecule has 0 saturated carbocycles. The Kier molecular flexibility index (Phi) is 3.19. The van der Waals surface area contributed by atoms with Crippen LogP contribution in [0.15, 0.2) is 17.2 Å². The number of hydrogen-bond acceptors (Lipinski definition) is 4. The monoisotopic (exact) mass is 251 g/mol. The highest BCUT2D eigenvalue weighted by molar-refractivity contribution is 5.42. The van der Waals surface area contributed by atoms with Crippen LogP contribution in [0.3, 0.4) is 0 Å². The second kappa shape index (κ2) is 4.39. The molecule has 1 saturated heterocycles. The molecule has 5 heteroatoms. The molecule has 0 aliphatic carbocycles. The van der Waals surface area contributed by atoms with Crippen LogP contribution in [0.2, 0.25) is 0 Å². The van der Waals surface area contributed by atoms with Crippen molar-refractivity contribution in [3.8, 4) is 0 Å². The molecule has 0 atom stereocenters. The van der Waals surface area contributed by atoms with Crippen LogP contribution in [-0.4, -0.2) is 33.3 Å². The lowest BCUT2D eigenvalue weighted by Gasteiger charge is -2.49. The summed E-state index contributed by atoms with van der Waals surface area (Å²) >= 11 is 0. The number of hydrogen-bond donors (Lipinski definition) is 1. The van der Waals surface area contributed by atoms with Gasteiger partial charge in [-0.2, -0.15) is 0 Å². The third-order valence-electron chi connectivity index (χ3n) is 3.71. The summed E-state index contributed by atoms with van der Waals surface area (Å²) in [4.78, 5) is 18.2. The van der Waals surface area contributed by atoms with Gasteiger partial charge in [0.15, 0.2) is 5.82 Å². The van der Waals surface area contributed by atoms with Crippen LogP contribution in [0.4, 0.5) is 5.82 Å². The number of rotatable bonds is 3. The predicted molar refractivity (Wildman–Crippen MR) is 70.9 cm³/mol. The average molecular weight is 251 g/mol. The number of nitrogens with zero attached hydrogens (tertiary/aromatic N) is 3. The van der Waals surface area contributed by atoms with E-state index >= 15 is 0 Å². The molecule has 1 N–H and O–H groups in total. The lowest BCUT2D eigenvalue weighted by atomic mass is 9.83. The SMILES string of the molecule is CC(C)n1ccnc(N2CC(O)(C(C)C)C2)c1=O. The van der Waals surface area contributed by atoms with Crippen molar-refractivity contribution in [2.45, 2.75) is 39.3 Å². The first-order valence-electron chi connectivity index (χ1n) is 6.39. The summed E-state index contributed by atoms with van der Waals surface area (Å²) in [6.45, 7) is 8.87. The van der Waals surface area contributed by atoms with Crippen LogP contribution in [-0.2, 0) is 0 Å². The van der Waals surface area contributed by atoms with E-state index in [2.05, 4.69) is 4.98 Å². The van der Waals surface area contributed by atoms with E-state index in [0.717, 1.165) is 0 Å². The number of aliphatic hydroxyl groups is 1. The lowest BCUT2D eigenvalue weighted by molar-refractivity contribution is -0.0306. The zero-order valence-corrected chi connectivity index (χ0v) is 11.4. The standard InChI is InChI=1S/C13H21N3O2/c1-9(2)13(18)7-15(8-13)11-12(17)16(10(3)4)6-5-14-11/h5-6,9-10,18H,7-8H2,1-4H3. The van der Waals surface area contributed by atoms with Crippen LogP contribution >= 0.6 is 0 Å². The highest BCUT2D eigenvalue weighted by Gasteiger charge is 2.45. The van der Waals surface area contributed by atoms with E-state index < -0.39 is 5.60 Å². The van der Waals surface area contributed by atoms with E-state index in [1.807, 2.05) is 32.6 Å². The van der Waals surface area contributed by atoms with Gasteiger partial charge in [0.05, 0.1) is 13.1 Å². The van der Waals surface area contributed by atoms with Gasteiger partial charge in [-0.15, -0.1) is 0 Å². The highest BCUT2D eigenvalue weighted by Crippen LogP contribution is 2.30. The van der Waals surface area contributed by atoms with Gasteiger partial charge in [0, 0.05) is 18.4 Å². The highest BCUT2D eigenvalue weighted by atomic mass is 16.3. The maximum Gasteiger partial charge on any atom is 0.293 e. The number of aromatic nitrogens is 2. The van der Waals surface area contributed by atoms with Gasteiger partial charge < -0.3 is 14.6 Å². The molecular weight excluding hydrogens is 230 g/mol. The smallest absolute Gasteiger partial charge is 0.293 e. The summed E-state index contributed by atoms with van der Waals surface area (Å²) in [6.07, 6.45) is 3.34. The van der Waals surface area contributed by atoms with Crippen molar-refractivity contribution in [2.75, 3.05) is 18.0 Å². The number of β-amino-alcohol motifs (C(OH)–C–C–N with tert-alkyl or cyclic N) is 1. The molecule has 0 bridgehead atoms. The third-order valence-corrected chi connectivity index (χ3v) is 3.71. The van der Waals surface area contributed by atoms with Crippen molar-refractivity contribution in [2.24, 2.45) is 5.92 Å². The summed E-state index contributed by atoms with van der Waals surface area (Å²) in [5.74, 6) is 0.626. The summed E-state index contributed by atoms with van der Waals surface area (Å²) < 4.78 is 1.66. The maximum absolute atomic E-state index is 12.2. The van der Waals surface area contributed by atoms with Crippen molar-refractivity contribution >= 4 is 5.82 Å². The summed E-state index contributed by atoms with van der Waals surface area (Å²) in [7, 11) is 0. The van der Waals surface area contributed by atoms with Crippen molar-refractivity contribution in [1.29, 1.82) is 0 Å². The molecule has 2 heterocycles. The van der Waals surface area contributed by atoms with Crippen LogP contribution in [0.1, 0.15) is 33.7 Å². The van der Waals surface area contributed by atoms with Crippen LogP contribution in [0.25, 0.3) is 0 Å². The van der Waals surface area contributed by atoms with Gasteiger partial charge in [0.2, 0.25) is 0 Å². The van der Waals surface area contributed by atoms with Gasteiger partial charge >= 0.3 is 0 Å². The Balaban J connectivity index is 2.23. The van der Waals surface area contributed by atoms with Gasteiger partial charge in [0.25, 0.3) is 5.56 Å². The van der Waals surface area contributed by atoms with E-state index in [-0.39, 0.29) is 17.5 Å². The minimum Gasteiger partial charge on any atom is -0.386 e. The Morgan fingerprint density at radius 3 is 2.44 bits per heavy atom. The fourth-order valence-electron chi connectivity index (χ4n) is 2.17. The van der Waals surface area contributed by atoms with Gasteiger partial charge in [-0.1, -0.05) is 13.8 Å². The number of anilines is 1. The first-order valence-corrected chi connectivity index (χ1v) is 6.39. The van der Waals surface area contributed by atoms with Gasteiger partial charge in [-0.3, -0.25) is 4.79 Å². The molecule has 1 aromatic heterocycles. The fourth-order valence-corrected chi connectivity index (χ4v) is 2.17. The largest absolute Gasteiger partial charge is 0.386 e. The molecule has 100 valence electrons. The van der Waals surface area contributed by atoms with E-state index in [4.69, 9.17) is 0 Å². The van der Waals surface area contributed by atoms with Gasteiger partial charge in [0.1, 0.15) is 5.60 Å². The molecule has 0 unspecified atom stereocenters. The zero-order valence-electron chi connectivity index (χ0n) is 11.4. The Hall–Kier alpha value is -1.36. The Morgan fingerprint density at radius 2 is 1.94 bits per heavy atom. The summed E-state index contributed by atoms with van der Waals surface area (Å²) in [6, 6.07) is 0.115. The molecule has 1 aliphatic heterocycles. The van der Waals surface area contributed by atoms with E-state index in [0.29, 0.717) is 18.9 Å². The van der Waals surface area contributed by atoms with Crippen molar-refractivity contribution in [1.82, 2.24) is 9.55 Å². The Labute approximate surface area is 107 Å². The van der Waals surface area contributed by atoms with Crippen molar-refractivity contribution in [3.63, 3.8) is 0 Å². The molecular formula is C13H21N3O2. The van der Waals surface area contributed by atoms with E-state index in [1.165, 1.54) is 0 Å². The second-order valence-corrected chi connectivity index (χ2v) is 5.67. The van der Waals surface area contributed by atoms with Crippen LogP contribution in [0, 0.1) is 5.92 Å². The maximum atomic E-state index is 12.2. The molecule has 0 aromatic carbocycles. The van der Waals surface area contributed by atoms with Crippen LogP contribution in [0.5, 0.6) is 0 Å². The minimum atomic E-state index is -0.688. The average Bonchev–Trinajstić information content (AvgIpc) is 2.24. The van der Waals surface area contributed by atoms with E-state index in [9.17, 15) is 9.90 Å². The summed E-state index contributed by atoms with van der Waals surface area (Å²) in [5.41, 5.74) is -0.773. The molecule has 18 heavy (non-hydrogen) atoms.